The molecule has 0 atom stereocenters. The van der Waals surface area contributed by atoms with Gasteiger partial charge in [0, 0.05) is 35.5 Å². The van der Waals surface area contributed by atoms with Crippen LogP contribution in [0.25, 0.3) is 5.65 Å². The predicted octanol–water partition coefficient (Wildman–Crippen LogP) is 3.16. The zero-order valence-electron chi connectivity index (χ0n) is 15.7. The molecule has 3 heterocycles. The van der Waals surface area contributed by atoms with Crippen molar-refractivity contribution in [2.24, 2.45) is 5.92 Å². The van der Waals surface area contributed by atoms with Crippen LogP contribution in [0.5, 0.6) is 0 Å². The first kappa shape index (κ1) is 20.0. The van der Waals surface area contributed by atoms with Crippen LogP contribution in [-0.4, -0.2) is 46.3 Å². The second kappa shape index (κ2) is 7.85. The average molecular weight is 478 g/mol. The number of carbonyl (C=O) groups excluding carboxylic acids is 1. The van der Waals surface area contributed by atoms with Gasteiger partial charge in [0.2, 0.25) is 10.0 Å². The van der Waals surface area contributed by atoms with E-state index in [9.17, 15) is 13.2 Å². The number of halogens is 1. The van der Waals surface area contributed by atoms with Gasteiger partial charge >= 0.3 is 0 Å². The highest BCUT2D eigenvalue weighted by atomic mass is 79.9. The molecule has 1 aliphatic heterocycles. The Kier molecular flexibility index (Phi) is 5.41. The summed E-state index contributed by atoms with van der Waals surface area (Å²) in [6, 6.07) is 6.31. The van der Waals surface area contributed by atoms with Crippen LogP contribution in [0.2, 0.25) is 0 Å². The number of rotatable bonds is 4. The summed E-state index contributed by atoms with van der Waals surface area (Å²) in [7, 11) is -3.69. The van der Waals surface area contributed by atoms with E-state index in [1.54, 1.807) is 35.1 Å². The topological polar surface area (TPSA) is 96.7 Å². The van der Waals surface area contributed by atoms with Gasteiger partial charge in [-0.05, 0) is 59.0 Å². The lowest BCUT2D eigenvalue weighted by molar-refractivity contribution is 0.102. The van der Waals surface area contributed by atoms with E-state index in [1.165, 1.54) is 16.6 Å². The Morgan fingerprint density at radius 1 is 1.28 bits per heavy atom. The molecular weight excluding hydrogens is 458 g/mol. The first-order chi connectivity index (χ1) is 13.9. The molecule has 1 aliphatic rings. The molecule has 0 unspecified atom stereocenters. The minimum atomic E-state index is -3.69. The Labute approximate surface area is 177 Å². The molecule has 29 heavy (non-hydrogen) atoms. The summed E-state index contributed by atoms with van der Waals surface area (Å²) >= 11 is 3.33. The molecule has 152 valence electrons. The van der Waals surface area contributed by atoms with E-state index in [1.807, 2.05) is 0 Å². The molecule has 1 saturated heterocycles. The summed E-state index contributed by atoms with van der Waals surface area (Å²) in [6.07, 6.45) is 6.50. The van der Waals surface area contributed by atoms with Gasteiger partial charge in [-0.2, -0.15) is 9.40 Å². The Balaban J connectivity index is 1.61. The van der Waals surface area contributed by atoms with Crippen molar-refractivity contribution in [3.8, 4) is 0 Å². The molecule has 0 radical (unpaired) electrons. The zero-order valence-corrected chi connectivity index (χ0v) is 18.1. The molecule has 2 aromatic heterocycles. The highest BCUT2D eigenvalue weighted by molar-refractivity contribution is 9.10. The second-order valence-corrected chi connectivity index (χ2v) is 9.89. The van der Waals surface area contributed by atoms with Gasteiger partial charge in [0.05, 0.1) is 11.1 Å². The summed E-state index contributed by atoms with van der Waals surface area (Å²) in [4.78, 5) is 17.1. The van der Waals surface area contributed by atoms with Crippen LogP contribution in [0.15, 0.2) is 52.2 Å². The van der Waals surface area contributed by atoms with Crippen molar-refractivity contribution in [3.63, 3.8) is 0 Å². The number of piperidine rings is 1. The summed E-state index contributed by atoms with van der Waals surface area (Å²) < 4.78 is 29.7. The van der Waals surface area contributed by atoms with Crippen molar-refractivity contribution in [3.05, 3.63) is 52.9 Å². The Hall–Kier alpha value is -2.30. The van der Waals surface area contributed by atoms with Crippen LogP contribution in [-0.2, 0) is 10.0 Å². The summed E-state index contributed by atoms with van der Waals surface area (Å²) in [5.74, 6) is 0.0863. The van der Waals surface area contributed by atoms with Gasteiger partial charge in [-0.1, -0.05) is 6.92 Å². The Morgan fingerprint density at radius 3 is 2.79 bits per heavy atom. The van der Waals surface area contributed by atoms with E-state index in [0.29, 0.717) is 34.8 Å². The van der Waals surface area contributed by atoms with Crippen molar-refractivity contribution < 1.29 is 13.2 Å². The number of carbonyl (C=O) groups is 1. The molecule has 8 nitrogen and oxygen atoms in total. The number of benzene rings is 1. The van der Waals surface area contributed by atoms with Gasteiger partial charge in [-0.25, -0.2) is 17.9 Å². The fourth-order valence-corrected chi connectivity index (χ4v) is 5.74. The highest BCUT2D eigenvalue weighted by Crippen LogP contribution is 2.29. The third kappa shape index (κ3) is 3.92. The first-order valence-electron chi connectivity index (χ1n) is 9.25. The number of nitrogens with zero attached hydrogens (tertiary/aromatic N) is 4. The number of hydrogen-bond donors (Lipinski definition) is 1. The summed E-state index contributed by atoms with van der Waals surface area (Å²) in [5, 5.41) is 6.89. The summed E-state index contributed by atoms with van der Waals surface area (Å²) in [6.45, 7) is 3.10. The SMILES string of the molecule is CC1CCN(S(=O)(=O)c2cc(C(=O)Nc3cnn4cccnc34)ccc2Br)CC1. The van der Waals surface area contributed by atoms with Gasteiger partial charge < -0.3 is 5.32 Å². The highest BCUT2D eigenvalue weighted by Gasteiger charge is 2.30. The Bertz CT molecular complexity index is 1170. The predicted molar refractivity (Wildman–Crippen MR) is 112 cm³/mol. The molecule has 1 aromatic carbocycles. The van der Waals surface area contributed by atoms with E-state index in [2.05, 4.69) is 38.3 Å². The van der Waals surface area contributed by atoms with Crippen molar-refractivity contribution in [1.82, 2.24) is 18.9 Å². The lowest BCUT2D eigenvalue weighted by Crippen LogP contribution is -2.38. The smallest absolute Gasteiger partial charge is 0.255 e. The molecule has 0 aliphatic carbocycles. The third-order valence-corrected chi connectivity index (χ3v) is 7.97. The lowest BCUT2D eigenvalue weighted by atomic mass is 10.0. The zero-order chi connectivity index (χ0) is 20.6. The van der Waals surface area contributed by atoms with Gasteiger partial charge in [-0.3, -0.25) is 4.79 Å². The largest absolute Gasteiger partial charge is 0.317 e. The average Bonchev–Trinajstić information content (AvgIpc) is 3.11. The van der Waals surface area contributed by atoms with E-state index in [0.717, 1.165) is 12.8 Å². The monoisotopic (exact) mass is 477 g/mol. The molecule has 3 aromatic rings. The third-order valence-electron chi connectivity index (χ3n) is 5.08. The minimum absolute atomic E-state index is 0.0951. The van der Waals surface area contributed by atoms with Crippen LogP contribution in [0.1, 0.15) is 30.1 Å². The van der Waals surface area contributed by atoms with Crippen molar-refractivity contribution in [1.29, 1.82) is 0 Å². The minimum Gasteiger partial charge on any atom is -0.317 e. The van der Waals surface area contributed by atoms with Crippen molar-refractivity contribution in [2.45, 2.75) is 24.7 Å². The quantitative estimate of drug-likeness (QED) is 0.622. The normalized spacial score (nSPS) is 16.2. The molecule has 0 spiro atoms. The maximum Gasteiger partial charge on any atom is 0.255 e. The maximum absolute atomic E-state index is 13.1. The molecular formula is C19H20BrN5O3S. The number of fused-ring (bicyclic) bond motifs is 1. The van der Waals surface area contributed by atoms with Gasteiger partial charge in [-0.15, -0.1) is 0 Å². The fraction of sp³-hybridized carbons (Fsp3) is 0.316. The van der Waals surface area contributed by atoms with Crippen LogP contribution in [0.4, 0.5) is 5.69 Å². The van der Waals surface area contributed by atoms with Gasteiger partial charge in [0.15, 0.2) is 5.65 Å². The molecule has 0 saturated carbocycles. The van der Waals surface area contributed by atoms with Crippen LogP contribution >= 0.6 is 15.9 Å². The van der Waals surface area contributed by atoms with Crippen molar-refractivity contribution in [2.75, 3.05) is 18.4 Å². The molecule has 0 bridgehead atoms. The fourth-order valence-electron chi connectivity index (χ4n) is 3.32. The molecule has 10 heteroatoms. The molecule has 1 amide bonds. The number of hydrogen-bond acceptors (Lipinski definition) is 5. The van der Waals surface area contributed by atoms with Gasteiger partial charge in [0.1, 0.15) is 5.69 Å². The number of nitrogens with one attached hydrogen (secondary N) is 1. The van der Waals surface area contributed by atoms with Crippen molar-refractivity contribution >= 4 is 43.2 Å². The first-order valence-corrected chi connectivity index (χ1v) is 11.5. The summed E-state index contributed by atoms with van der Waals surface area (Å²) in [5.41, 5.74) is 1.20. The van der Waals surface area contributed by atoms with E-state index >= 15 is 0 Å². The lowest BCUT2D eigenvalue weighted by Gasteiger charge is -2.29. The molecule has 1 fully saturated rings. The van der Waals surface area contributed by atoms with Crippen LogP contribution in [0.3, 0.4) is 0 Å². The van der Waals surface area contributed by atoms with Crippen LogP contribution in [0, 0.1) is 5.92 Å². The van der Waals surface area contributed by atoms with Gasteiger partial charge in [0.25, 0.3) is 5.91 Å². The van der Waals surface area contributed by atoms with E-state index in [-0.39, 0.29) is 10.5 Å². The standard InChI is InChI=1S/C19H20BrN5O3S/c1-13-5-9-24(10-6-13)29(27,28)17-11-14(3-4-15(17)20)19(26)23-16-12-22-25-8-2-7-21-18(16)25/h2-4,7-8,11-13H,5-6,9-10H2,1H3,(H,23,26). The number of anilines is 1. The number of aromatic nitrogens is 3. The second-order valence-electron chi connectivity index (χ2n) is 7.13. The number of amides is 1. The molecule has 1 N–H and O–H groups in total. The number of sulfonamides is 1. The van der Waals surface area contributed by atoms with Crippen LogP contribution < -0.4 is 5.32 Å². The van der Waals surface area contributed by atoms with E-state index < -0.39 is 15.9 Å². The maximum atomic E-state index is 13.1. The van der Waals surface area contributed by atoms with E-state index in [4.69, 9.17) is 0 Å². The molecule has 4 rings (SSSR count). The Morgan fingerprint density at radius 2 is 2.03 bits per heavy atom.